The second-order valence-electron chi connectivity index (χ2n) is 4.62. The van der Waals surface area contributed by atoms with Crippen molar-refractivity contribution in [1.29, 1.82) is 0 Å². The van der Waals surface area contributed by atoms with Gasteiger partial charge in [-0.05, 0) is 43.2 Å². The Bertz CT molecular complexity index is 256. The zero-order chi connectivity index (χ0) is 11.8. The summed E-state index contributed by atoms with van der Waals surface area (Å²) < 4.78 is 0. The van der Waals surface area contributed by atoms with Crippen LogP contribution in [0.1, 0.15) is 44.9 Å². The van der Waals surface area contributed by atoms with E-state index in [0.717, 1.165) is 12.5 Å². The van der Waals surface area contributed by atoms with Crippen LogP contribution in [-0.4, -0.2) is 12.6 Å². The molecule has 0 bridgehead atoms. The van der Waals surface area contributed by atoms with Gasteiger partial charge in [-0.3, -0.25) is 0 Å². The van der Waals surface area contributed by atoms with E-state index in [1.807, 2.05) is 11.3 Å². The van der Waals surface area contributed by atoms with Crippen LogP contribution >= 0.6 is 11.3 Å². The van der Waals surface area contributed by atoms with Gasteiger partial charge in [0.25, 0.3) is 0 Å². The molecule has 2 heteroatoms. The predicted octanol–water partition coefficient (Wildman–Crippen LogP) is 4.10. The van der Waals surface area contributed by atoms with Gasteiger partial charge in [-0.25, -0.2) is 0 Å². The van der Waals surface area contributed by atoms with Crippen LogP contribution in [0, 0.1) is 5.92 Å². The van der Waals surface area contributed by atoms with Gasteiger partial charge in [0, 0.05) is 10.9 Å². The van der Waals surface area contributed by atoms with E-state index in [1.165, 1.54) is 30.6 Å². The fourth-order valence-electron chi connectivity index (χ4n) is 2.02. The molecule has 0 amide bonds. The Labute approximate surface area is 104 Å². The molecule has 0 aliphatic heterocycles. The molecule has 2 atom stereocenters. The van der Waals surface area contributed by atoms with Gasteiger partial charge in [0.15, 0.2) is 0 Å². The highest BCUT2D eigenvalue weighted by Gasteiger charge is 2.11. The Morgan fingerprint density at radius 1 is 1.38 bits per heavy atom. The molecule has 2 unspecified atom stereocenters. The van der Waals surface area contributed by atoms with Crippen molar-refractivity contribution in [3.05, 3.63) is 22.4 Å². The zero-order valence-corrected chi connectivity index (χ0v) is 11.6. The molecule has 1 aromatic heterocycles. The van der Waals surface area contributed by atoms with Crippen LogP contribution < -0.4 is 5.32 Å². The summed E-state index contributed by atoms with van der Waals surface area (Å²) >= 11 is 1.88. The lowest BCUT2D eigenvalue weighted by molar-refractivity contribution is 0.383. The summed E-state index contributed by atoms with van der Waals surface area (Å²) in [5, 5.41) is 5.79. The smallest absolute Gasteiger partial charge is 0.00729 e. The van der Waals surface area contributed by atoms with E-state index >= 15 is 0 Å². The van der Waals surface area contributed by atoms with Gasteiger partial charge in [0.1, 0.15) is 0 Å². The minimum Gasteiger partial charge on any atom is -0.314 e. The van der Waals surface area contributed by atoms with Crippen molar-refractivity contribution < 1.29 is 0 Å². The lowest BCUT2D eigenvalue weighted by Gasteiger charge is -2.20. The standard InChI is InChI=1S/C14H25NS/c1-4-12(3)11-13(15-5-2)8-9-14-7-6-10-16-14/h6-7,10,12-13,15H,4-5,8-9,11H2,1-3H3. The van der Waals surface area contributed by atoms with Crippen LogP contribution in [0.5, 0.6) is 0 Å². The van der Waals surface area contributed by atoms with Crippen LogP contribution in [0.2, 0.25) is 0 Å². The highest BCUT2D eigenvalue weighted by molar-refractivity contribution is 7.09. The number of thiophene rings is 1. The minimum absolute atomic E-state index is 0.696. The van der Waals surface area contributed by atoms with E-state index in [1.54, 1.807) is 0 Å². The van der Waals surface area contributed by atoms with Crippen molar-refractivity contribution in [2.45, 2.75) is 52.5 Å². The number of hydrogen-bond donors (Lipinski definition) is 1. The summed E-state index contributed by atoms with van der Waals surface area (Å²) in [7, 11) is 0. The van der Waals surface area contributed by atoms with Crippen LogP contribution in [0.25, 0.3) is 0 Å². The average molecular weight is 239 g/mol. The SMILES string of the molecule is CCNC(CCc1cccs1)CC(C)CC. The third-order valence-electron chi connectivity index (χ3n) is 3.20. The Morgan fingerprint density at radius 2 is 2.19 bits per heavy atom. The summed E-state index contributed by atoms with van der Waals surface area (Å²) in [6, 6.07) is 5.09. The maximum Gasteiger partial charge on any atom is 0.00729 e. The predicted molar refractivity (Wildman–Crippen MR) is 74.2 cm³/mol. The first-order valence-corrected chi connectivity index (χ1v) is 7.40. The Morgan fingerprint density at radius 3 is 2.75 bits per heavy atom. The summed E-state index contributed by atoms with van der Waals surface area (Å²) in [6.07, 6.45) is 5.11. The van der Waals surface area contributed by atoms with Crippen LogP contribution in [0.3, 0.4) is 0 Å². The lowest BCUT2D eigenvalue weighted by Crippen LogP contribution is -2.31. The molecular formula is C14H25NS. The van der Waals surface area contributed by atoms with E-state index in [9.17, 15) is 0 Å². The number of hydrogen-bond acceptors (Lipinski definition) is 2. The van der Waals surface area contributed by atoms with E-state index in [0.29, 0.717) is 6.04 Å². The third kappa shape index (κ3) is 5.13. The van der Waals surface area contributed by atoms with Gasteiger partial charge < -0.3 is 5.32 Å². The maximum atomic E-state index is 3.61. The second kappa shape index (κ2) is 7.86. The van der Waals surface area contributed by atoms with Crippen molar-refractivity contribution in [3.8, 4) is 0 Å². The Balaban J connectivity index is 2.32. The molecule has 1 aromatic rings. The first-order chi connectivity index (χ1) is 7.76. The van der Waals surface area contributed by atoms with E-state index < -0.39 is 0 Å². The van der Waals surface area contributed by atoms with E-state index in [2.05, 4.69) is 43.6 Å². The van der Waals surface area contributed by atoms with Crippen molar-refractivity contribution in [3.63, 3.8) is 0 Å². The summed E-state index contributed by atoms with van der Waals surface area (Å²) in [5.74, 6) is 0.840. The number of rotatable bonds is 8. The van der Waals surface area contributed by atoms with Crippen molar-refractivity contribution in [2.75, 3.05) is 6.54 Å². The molecule has 0 aliphatic carbocycles. The summed E-state index contributed by atoms with van der Waals surface area (Å²) in [5.41, 5.74) is 0. The molecule has 92 valence electrons. The highest BCUT2D eigenvalue weighted by Crippen LogP contribution is 2.16. The van der Waals surface area contributed by atoms with E-state index in [-0.39, 0.29) is 0 Å². The van der Waals surface area contributed by atoms with Gasteiger partial charge in [0.2, 0.25) is 0 Å². The van der Waals surface area contributed by atoms with Crippen LogP contribution in [0.4, 0.5) is 0 Å². The lowest BCUT2D eigenvalue weighted by atomic mass is 9.96. The average Bonchev–Trinajstić information content (AvgIpc) is 2.79. The summed E-state index contributed by atoms with van der Waals surface area (Å²) in [6.45, 7) is 7.93. The zero-order valence-electron chi connectivity index (χ0n) is 10.8. The second-order valence-corrected chi connectivity index (χ2v) is 5.65. The fraction of sp³-hybridized carbons (Fsp3) is 0.714. The molecule has 1 heterocycles. The first-order valence-electron chi connectivity index (χ1n) is 6.52. The van der Waals surface area contributed by atoms with Gasteiger partial charge in [-0.15, -0.1) is 11.3 Å². The van der Waals surface area contributed by atoms with Crippen molar-refractivity contribution in [1.82, 2.24) is 5.32 Å². The van der Waals surface area contributed by atoms with Gasteiger partial charge in [-0.1, -0.05) is 33.3 Å². The molecule has 0 fully saturated rings. The Hall–Kier alpha value is -0.340. The largest absolute Gasteiger partial charge is 0.314 e. The molecule has 1 N–H and O–H groups in total. The third-order valence-corrected chi connectivity index (χ3v) is 4.13. The highest BCUT2D eigenvalue weighted by atomic mass is 32.1. The quantitative estimate of drug-likeness (QED) is 0.720. The molecule has 0 aromatic carbocycles. The summed E-state index contributed by atoms with van der Waals surface area (Å²) in [4.78, 5) is 1.52. The Kier molecular flexibility index (Phi) is 6.74. The van der Waals surface area contributed by atoms with Crippen molar-refractivity contribution in [2.24, 2.45) is 5.92 Å². The molecule has 0 saturated heterocycles. The molecule has 1 rings (SSSR count). The minimum atomic E-state index is 0.696. The van der Waals surface area contributed by atoms with Crippen molar-refractivity contribution >= 4 is 11.3 Å². The first kappa shape index (κ1) is 13.7. The van der Waals surface area contributed by atoms with Crippen LogP contribution in [0.15, 0.2) is 17.5 Å². The topological polar surface area (TPSA) is 12.0 Å². The fourth-order valence-corrected chi connectivity index (χ4v) is 2.74. The van der Waals surface area contributed by atoms with Gasteiger partial charge in [0.05, 0.1) is 0 Å². The molecule has 0 saturated carbocycles. The molecule has 16 heavy (non-hydrogen) atoms. The van der Waals surface area contributed by atoms with Crippen LogP contribution in [-0.2, 0) is 6.42 Å². The maximum absolute atomic E-state index is 3.61. The number of aryl methyl sites for hydroxylation is 1. The normalized spacial score (nSPS) is 14.9. The monoisotopic (exact) mass is 239 g/mol. The van der Waals surface area contributed by atoms with Gasteiger partial charge in [-0.2, -0.15) is 0 Å². The number of nitrogens with one attached hydrogen (secondary N) is 1. The molecular weight excluding hydrogens is 214 g/mol. The molecule has 0 aliphatic rings. The molecule has 0 spiro atoms. The van der Waals surface area contributed by atoms with Gasteiger partial charge >= 0.3 is 0 Å². The molecule has 1 nitrogen and oxygen atoms in total. The molecule has 0 radical (unpaired) electrons. The van der Waals surface area contributed by atoms with E-state index in [4.69, 9.17) is 0 Å².